The Labute approximate surface area is 117 Å². The van der Waals surface area contributed by atoms with Crippen molar-refractivity contribution in [3.63, 3.8) is 0 Å². The third-order valence-electron chi connectivity index (χ3n) is 3.67. The van der Waals surface area contributed by atoms with Gasteiger partial charge >= 0.3 is 5.97 Å². The highest BCUT2D eigenvalue weighted by Crippen LogP contribution is 2.25. The van der Waals surface area contributed by atoms with Crippen LogP contribution in [0, 0.1) is 5.92 Å². The quantitative estimate of drug-likeness (QED) is 0.734. The van der Waals surface area contributed by atoms with Crippen LogP contribution in [0.4, 0.5) is 0 Å². The molecule has 1 aromatic rings. The number of aromatic amines is 1. The summed E-state index contributed by atoms with van der Waals surface area (Å²) in [5.74, 6) is -0.751. The van der Waals surface area contributed by atoms with Gasteiger partial charge in [-0.1, -0.05) is 32.1 Å². The van der Waals surface area contributed by atoms with Crippen molar-refractivity contribution < 1.29 is 18.3 Å². The van der Waals surface area contributed by atoms with Crippen LogP contribution in [0.15, 0.2) is 11.2 Å². The molecular formula is C12H19N3O4S. The molecule has 0 unspecified atom stereocenters. The minimum atomic E-state index is -3.84. The molecule has 0 atom stereocenters. The maximum absolute atomic E-state index is 12.0. The molecule has 1 aliphatic rings. The third-order valence-corrected chi connectivity index (χ3v) is 5.11. The van der Waals surface area contributed by atoms with Gasteiger partial charge in [-0.15, -0.1) is 0 Å². The van der Waals surface area contributed by atoms with Crippen LogP contribution < -0.4 is 4.72 Å². The first-order chi connectivity index (χ1) is 9.50. The molecule has 112 valence electrons. The predicted molar refractivity (Wildman–Crippen MR) is 71.9 cm³/mol. The van der Waals surface area contributed by atoms with Crippen LogP contribution in [0.5, 0.6) is 0 Å². The largest absolute Gasteiger partial charge is 0.478 e. The van der Waals surface area contributed by atoms with E-state index in [9.17, 15) is 13.2 Å². The van der Waals surface area contributed by atoms with Crippen molar-refractivity contribution in [2.24, 2.45) is 5.92 Å². The van der Waals surface area contributed by atoms with E-state index in [1.54, 1.807) is 0 Å². The SMILES string of the molecule is O=C(O)c1cn[nH]c1S(=O)(=O)NCCC1CCCCC1. The fourth-order valence-corrected chi connectivity index (χ4v) is 3.71. The molecule has 1 aliphatic carbocycles. The molecule has 1 heterocycles. The second-order valence-electron chi connectivity index (χ2n) is 5.11. The summed E-state index contributed by atoms with van der Waals surface area (Å²) in [6, 6.07) is 0. The fourth-order valence-electron chi connectivity index (χ4n) is 2.58. The molecule has 1 fully saturated rings. The number of carbonyl (C=O) groups is 1. The lowest BCUT2D eigenvalue weighted by atomic mass is 9.87. The molecule has 0 spiro atoms. The van der Waals surface area contributed by atoms with E-state index in [2.05, 4.69) is 14.9 Å². The smallest absolute Gasteiger partial charge is 0.340 e. The lowest BCUT2D eigenvalue weighted by Gasteiger charge is -2.21. The van der Waals surface area contributed by atoms with E-state index < -0.39 is 16.0 Å². The topological polar surface area (TPSA) is 112 Å². The van der Waals surface area contributed by atoms with Gasteiger partial charge in [-0.2, -0.15) is 5.10 Å². The summed E-state index contributed by atoms with van der Waals surface area (Å²) in [7, 11) is -3.84. The van der Waals surface area contributed by atoms with E-state index in [0.717, 1.165) is 25.5 Å². The van der Waals surface area contributed by atoms with Gasteiger partial charge < -0.3 is 5.11 Å². The highest BCUT2D eigenvalue weighted by atomic mass is 32.2. The monoisotopic (exact) mass is 301 g/mol. The van der Waals surface area contributed by atoms with Crippen molar-refractivity contribution in [2.75, 3.05) is 6.54 Å². The number of sulfonamides is 1. The van der Waals surface area contributed by atoms with Crippen molar-refractivity contribution in [3.05, 3.63) is 11.8 Å². The maximum Gasteiger partial charge on any atom is 0.340 e. The molecule has 3 N–H and O–H groups in total. The third kappa shape index (κ3) is 3.57. The van der Waals surface area contributed by atoms with Gasteiger partial charge in [-0.05, 0) is 12.3 Å². The van der Waals surface area contributed by atoms with Gasteiger partial charge in [0.15, 0.2) is 5.03 Å². The molecular weight excluding hydrogens is 282 g/mol. The summed E-state index contributed by atoms with van der Waals surface area (Å²) in [6.45, 7) is 0.324. The molecule has 0 radical (unpaired) electrons. The summed E-state index contributed by atoms with van der Waals surface area (Å²) in [5, 5.41) is 14.2. The second-order valence-corrected chi connectivity index (χ2v) is 6.81. The van der Waals surface area contributed by atoms with Crippen LogP contribution in [0.25, 0.3) is 0 Å². The lowest BCUT2D eigenvalue weighted by Crippen LogP contribution is -2.28. The Bertz CT molecular complexity index is 561. The Kier molecular flexibility index (Phi) is 4.77. The standard InChI is InChI=1S/C12H19N3O4S/c16-12(17)10-8-13-15-11(10)20(18,19)14-7-6-9-4-2-1-3-5-9/h8-9,14H,1-7H2,(H,13,15)(H,16,17). The molecule has 0 aromatic carbocycles. The molecule has 1 saturated carbocycles. The van der Waals surface area contributed by atoms with Crippen molar-refractivity contribution in [1.82, 2.24) is 14.9 Å². The van der Waals surface area contributed by atoms with Gasteiger partial charge in [0.1, 0.15) is 5.56 Å². The molecule has 8 heteroatoms. The maximum atomic E-state index is 12.0. The highest BCUT2D eigenvalue weighted by Gasteiger charge is 2.24. The Morgan fingerprint density at radius 3 is 2.75 bits per heavy atom. The zero-order valence-electron chi connectivity index (χ0n) is 11.1. The summed E-state index contributed by atoms with van der Waals surface area (Å²) in [6.07, 6.45) is 7.76. The molecule has 0 saturated heterocycles. The van der Waals surface area contributed by atoms with E-state index in [0.29, 0.717) is 12.5 Å². The van der Waals surface area contributed by atoms with Crippen LogP contribution in [-0.2, 0) is 10.0 Å². The van der Waals surface area contributed by atoms with Gasteiger partial charge in [0.2, 0.25) is 0 Å². The van der Waals surface area contributed by atoms with Crippen molar-refractivity contribution in [1.29, 1.82) is 0 Å². The van der Waals surface area contributed by atoms with Crippen LogP contribution >= 0.6 is 0 Å². The van der Waals surface area contributed by atoms with E-state index >= 15 is 0 Å². The number of hydrogen-bond donors (Lipinski definition) is 3. The van der Waals surface area contributed by atoms with Crippen LogP contribution in [-0.4, -0.2) is 36.2 Å². The summed E-state index contributed by atoms with van der Waals surface area (Å²) >= 11 is 0. The first-order valence-corrected chi connectivity index (χ1v) is 8.25. The second kappa shape index (κ2) is 6.36. The Morgan fingerprint density at radius 2 is 2.10 bits per heavy atom. The number of aromatic nitrogens is 2. The lowest BCUT2D eigenvalue weighted by molar-refractivity contribution is 0.0692. The van der Waals surface area contributed by atoms with Crippen LogP contribution in [0.2, 0.25) is 0 Å². The molecule has 1 aromatic heterocycles. The molecule has 0 bridgehead atoms. The number of nitrogens with one attached hydrogen (secondary N) is 2. The van der Waals surface area contributed by atoms with Crippen LogP contribution in [0.3, 0.4) is 0 Å². The normalized spacial score (nSPS) is 17.2. The van der Waals surface area contributed by atoms with Crippen LogP contribution in [0.1, 0.15) is 48.9 Å². The number of carboxylic acids is 1. The van der Waals surface area contributed by atoms with Crippen molar-refractivity contribution in [2.45, 2.75) is 43.6 Å². The van der Waals surface area contributed by atoms with E-state index in [1.165, 1.54) is 19.3 Å². The first kappa shape index (κ1) is 15.0. The average Bonchev–Trinajstić information content (AvgIpc) is 2.90. The Morgan fingerprint density at radius 1 is 1.40 bits per heavy atom. The zero-order chi connectivity index (χ0) is 14.6. The minimum absolute atomic E-state index is 0.324. The van der Waals surface area contributed by atoms with E-state index in [4.69, 9.17) is 5.11 Å². The zero-order valence-corrected chi connectivity index (χ0v) is 11.9. The number of nitrogens with zero attached hydrogens (tertiary/aromatic N) is 1. The highest BCUT2D eigenvalue weighted by molar-refractivity contribution is 7.89. The van der Waals surface area contributed by atoms with Crippen molar-refractivity contribution in [3.8, 4) is 0 Å². The van der Waals surface area contributed by atoms with Gasteiger partial charge in [0.05, 0.1) is 6.20 Å². The van der Waals surface area contributed by atoms with E-state index in [1.807, 2.05) is 0 Å². The van der Waals surface area contributed by atoms with Gasteiger partial charge in [0, 0.05) is 6.54 Å². The molecule has 7 nitrogen and oxygen atoms in total. The summed E-state index contributed by atoms with van der Waals surface area (Å²) in [5.41, 5.74) is -0.338. The van der Waals surface area contributed by atoms with E-state index in [-0.39, 0.29) is 10.6 Å². The number of carboxylic acid groups (broad SMARTS) is 1. The molecule has 0 aliphatic heterocycles. The summed E-state index contributed by atoms with van der Waals surface area (Å²) in [4.78, 5) is 10.9. The number of aromatic carboxylic acids is 1. The average molecular weight is 301 g/mol. The molecule has 2 rings (SSSR count). The summed E-state index contributed by atoms with van der Waals surface area (Å²) < 4.78 is 26.5. The Balaban J connectivity index is 1.93. The van der Waals surface area contributed by atoms with Crippen molar-refractivity contribution >= 4 is 16.0 Å². The van der Waals surface area contributed by atoms with Gasteiger partial charge in [-0.25, -0.2) is 17.9 Å². The molecule has 20 heavy (non-hydrogen) atoms. The first-order valence-electron chi connectivity index (χ1n) is 6.77. The minimum Gasteiger partial charge on any atom is -0.478 e. The molecule has 0 amide bonds. The Hall–Kier alpha value is -1.41. The van der Waals surface area contributed by atoms with Gasteiger partial charge in [-0.3, -0.25) is 5.10 Å². The predicted octanol–water partition coefficient (Wildman–Crippen LogP) is 1.36. The number of H-pyrrole nitrogens is 1. The fraction of sp³-hybridized carbons (Fsp3) is 0.667. The number of hydrogen-bond acceptors (Lipinski definition) is 4. The number of rotatable bonds is 6. The van der Waals surface area contributed by atoms with Gasteiger partial charge in [0.25, 0.3) is 10.0 Å².